The maximum absolute atomic E-state index is 16.3. The maximum Gasteiger partial charge on any atom is 0.410 e. The van der Waals surface area contributed by atoms with E-state index in [2.05, 4.69) is 37.2 Å². The molecule has 5 aromatic rings. The number of phenolic OH excluding ortho intramolecular Hbond substituents is 3. The van der Waals surface area contributed by atoms with Crippen molar-refractivity contribution in [2.24, 2.45) is 11.7 Å². The molecule has 0 spiro atoms. The number of ether oxygens (including phenoxy) is 8. The highest BCUT2D eigenvalue weighted by atomic mass is 35.5. The highest BCUT2D eigenvalue weighted by Crippen LogP contribution is 2.49. The molecule has 12 rings (SSSR count). The number of hydrogen-bond acceptors (Lipinski definition) is 27. The fourth-order valence-corrected chi connectivity index (χ4v) is 13.8. The Hall–Kier alpha value is -10.9. The molecule has 38 heteroatoms. The number of aliphatic hydroxyl groups excluding tert-OH is 6. The molecule has 0 aromatic heterocycles. The summed E-state index contributed by atoms with van der Waals surface area (Å²) in [6.45, 7) is 14.8. The van der Waals surface area contributed by atoms with Crippen molar-refractivity contribution in [3.63, 3.8) is 0 Å². The van der Waals surface area contributed by atoms with Gasteiger partial charge in [-0.1, -0.05) is 49.7 Å². The molecule has 19 N–H and O–H groups in total. The molecule has 9 unspecified atom stereocenters. The van der Waals surface area contributed by atoms with Crippen LogP contribution in [0.25, 0.3) is 11.1 Å². The molecule has 7 aliphatic heterocycles. The van der Waals surface area contributed by atoms with E-state index in [-0.39, 0.29) is 35.0 Å². The van der Waals surface area contributed by atoms with Crippen LogP contribution in [0.15, 0.2) is 84.9 Å². The second-order valence-corrected chi connectivity index (χ2v) is 31.3. The number of aliphatic hydroxyl groups is 6. The zero-order valence-electron chi connectivity index (χ0n) is 63.5. The lowest BCUT2D eigenvalue weighted by molar-refractivity contribution is -0.277. The number of likely N-dealkylation sites (N-methyl/N-ethyl adjacent to an activating group) is 1. The van der Waals surface area contributed by atoms with Gasteiger partial charge in [0.05, 0.1) is 29.7 Å². The van der Waals surface area contributed by atoms with Crippen LogP contribution < -0.4 is 57.2 Å². The lowest BCUT2D eigenvalue weighted by atomic mass is 9.85. The minimum Gasteiger partial charge on any atom is -0.508 e. The van der Waals surface area contributed by atoms with E-state index in [0.717, 1.165) is 59.5 Å². The number of benzene rings is 5. The predicted molar refractivity (Wildman–Crippen MR) is 394 cm³/mol. The summed E-state index contributed by atoms with van der Waals surface area (Å²) in [5.74, 6) is -16.8. The number of amides is 9. The van der Waals surface area contributed by atoms with Crippen molar-refractivity contribution in [3.05, 3.63) is 118 Å². The van der Waals surface area contributed by atoms with E-state index < -0.39 is 267 Å². The lowest BCUT2D eigenvalue weighted by Gasteiger charge is -2.46. The van der Waals surface area contributed by atoms with Crippen molar-refractivity contribution in [2.75, 3.05) is 13.7 Å². The molecule has 5 aromatic carbocycles. The molecule has 9 amide bonds. The van der Waals surface area contributed by atoms with Crippen molar-refractivity contribution >= 4 is 71.1 Å². The summed E-state index contributed by atoms with van der Waals surface area (Å²) in [6, 6.07) is -0.100. The highest BCUT2D eigenvalue weighted by molar-refractivity contribution is 6.32. The summed E-state index contributed by atoms with van der Waals surface area (Å²) in [7, 11) is 1.26. The molecule has 0 radical (unpaired) electrons. The summed E-state index contributed by atoms with van der Waals surface area (Å²) in [5, 5.41) is 131. The van der Waals surface area contributed by atoms with Crippen LogP contribution in [0.2, 0.25) is 5.02 Å². The number of rotatable bonds is 14. The Labute approximate surface area is 656 Å². The topological polar surface area (TPSA) is 560 Å². The zero-order valence-corrected chi connectivity index (χ0v) is 64.3. The molecule has 18 atom stereocenters. The van der Waals surface area contributed by atoms with Crippen molar-refractivity contribution in [2.45, 2.75) is 209 Å². The molecule has 616 valence electrons. The van der Waals surface area contributed by atoms with Gasteiger partial charge in [-0.2, -0.15) is 0 Å². The third kappa shape index (κ3) is 19.3. The van der Waals surface area contributed by atoms with Crippen LogP contribution in [0, 0.1) is 5.92 Å². The number of nitrogens with one attached hydrogen (secondary N) is 7. The van der Waals surface area contributed by atoms with E-state index >= 15 is 24.0 Å². The number of phenols is 3. The van der Waals surface area contributed by atoms with E-state index in [1.54, 1.807) is 55.4 Å². The van der Waals surface area contributed by atoms with E-state index in [4.69, 9.17) is 55.2 Å². The Morgan fingerprint density at radius 3 is 1.95 bits per heavy atom. The van der Waals surface area contributed by atoms with Gasteiger partial charge in [0.2, 0.25) is 53.4 Å². The predicted octanol–water partition coefficient (Wildman–Crippen LogP) is 2.67. The Morgan fingerprint density at radius 2 is 1.32 bits per heavy atom. The Balaban J connectivity index is 1.23. The minimum absolute atomic E-state index is 0.0714. The molecule has 7 aliphatic rings. The van der Waals surface area contributed by atoms with Gasteiger partial charge in [-0.25, -0.2) is 14.4 Å². The second kappa shape index (κ2) is 34.1. The Bertz CT molecular complexity index is 4540. The number of carbonyl (C=O) groups excluding carboxylic acids is 9. The summed E-state index contributed by atoms with van der Waals surface area (Å²) in [4.78, 5) is 149. The average molecular weight is 1620 g/mol. The maximum atomic E-state index is 16.3. The van der Waals surface area contributed by atoms with Crippen LogP contribution in [0.5, 0.6) is 46.0 Å². The number of aromatic hydroxyl groups is 3. The molecule has 2 fully saturated rings. The Kier molecular flexibility index (Phi) is 25.6. The number of alkyl carbamates (subject to hydrolysis) is 1. The fourth-order valence-electron chi connectivity index (χ4n) is 13.6. The quantitative estimate of drug-likeness (QED) is 0.0760. The molecule has 0 aliphatic carbocycles. The van der Waals surface area contributed by atoms with Crippen LogP contribution in [-0.4, -0.2) is 219 Å². The first-order valence-corrected chi connectivity index (χ1v) is 36.5. The zero-order chi connectivity index (χ0) is 83.8. The summed E-state index contributed by atoms with van der Waals surface area (Å²) in [5.41, 5.74) is -0.914. The number of nitrogens with two attached hydrogens (primary N) is 1. The van der Waals surface area contributed by atoms with Gasteiger partial charge in [0.15, 0.2) is 23.8 Å². The highest BCUT2D eigenvalue weighted by Gasteiger charge is 2.51. The van der Waals surface area contributed by atoms with Gasteiger partial charge in [0.1, 0.15) is 119 Å². The number of halogens is 1. The van der Waals surface area contributed by atoms with Gasteiger partial charge in [-0.3, -0.25) is 38.5 Å². The summed E-state index contributed by atoms with van der Waals surface area (Å²) in [6.07, 6.45) is -22.2. The second-order valence-electron chi connectivity index (χ2n) is 30.9. The SMILES string of the molecule is CC(C)C[C@H](C(=O)N[C@H]1C(=O)N[C@@H](CC(N)=O)C(=O)N[C@H]2C(=O)N[C@H]3C(=O)N[C@H](C(=O)N[C@H](C(=O)O)c4cc(O)cc(O)c4-c4cc3ccc4O)[C@H](OC3CC(C)(NC(=O)OC(C)(C)C)C(O)C(C)O3)c3ccc(cc3)Oc3cc2cc(c3OC2OC(CO)C(O)C(O)C2O)Oc2ccc(cc2Cl)[C@H]1O)N(C)C(=O)OC(C)(C)C. The van der Waals surface area contributed by atoms with Gasteiger partial charge in [-0.15, -0.1) is 0 Å². The van der Waals surface area contributed by atoms with Crippen LogP contribution in [0.4, 0.5) is 9.59 Å². The van der Waals surface area contributed by atoms with Gasteiger partial charge in [0, 0.05) is 36.2 Å². The van der Waals surface area contributed by atoms with Gasteiger partial charge >= 0.3 is 18.2 Å². The first kappa shape index (κ1) is 85.6. The van der Waals surface area contributed by atoms with E-state index in [0.29, 0.717) is 0 Å². The third-order valence-electron chi connectivity index (χ3n) is 19.2. The van der Waals surface area contributed by atoms with E-state index in [1.165, 1.54) is 51.2 Å². The molecule has 0 saturated carbocycles. The average Bonchev–Trinajstić information content (AvgIpc) is 0.766. The van der Waals surface area contributed by atoms with Gasteiger partial charge in [0.25, 0.3) is 0 Å². The number of hydrogen-bond donors (Lipinski definition) is 18. The number of carbonyl (C=O) groups is 10. The number of fused-ring (bicyclic) bond motifs is 15. The number of carboxylic acid groups (broad SMARTS) is 1. The smallest absolute Gasteiger partial charge is 0.410 e. The van der Waals surface area contributed by atoms with Crippen molar-refractivity contribution < 1.29 is 137 Å². The number of carboxylic acids is 1. The largest absolute Gasteiger partial charge is 0.508 e. The number of primary amides is 1. The van der Waals surface area contributed by atoms with E-state index in [9.17, 15) is 75.0 Å². The summed E-state index contributed by atoms with van der Waals surface area (Å²) >= 11 is 7.08. The number of aliphatic carboxylic acids is 1. The summed E-state index contributed by atoms with van der Waals surface area (Å²) < 4.78 is 49.6. The van der Waals surface area contributed by atoms with Crippen LogP contribution >= 0.6 is 11.6 Å². The molecular formula is C76H92ClN9O28. The molecule has 37 nitrogen and oxygen atoms in total. The van der Waals surface area contributed by atoms with Crippen LogP contribution in [-0.2, 0) is 62.0 Å². The van der Waals surface area contributed by atoms with Crippen molar-refractivity contribution in [1.82, 2.24) is 42.1 Å². The van der Waals surface area contributed by atoms with Gasteiger partial charge in [-0.05, 0) is 145 Å². The fraction of sp³-hybridized carbons (Fsp3) is 0.474. The monoisotopic (exact) mass is 1610 g/mol. The molecule has 7 heterocycles. The number of nitrogens with zero attached hydrogens (tertiary/aromatic N) is 1. The van der Waals surface area contributed by atoms with E-state index in [1.807, 2.05) is 0 Å². The van der Waals surface area contributed by atoms with Crippen LogP contribution in [0.1, 0.15) is 147 Å². The Morgan fingerprint density at radius 1 is 0.702 bits per heavy atom. The minimum atomic E-state index is -2.40. The van der Waals surface area contributed by atoms with Crippen LogP contribution in [0.3, 0.4) is 0 Å². The molecule has 114 heavy (non-hydrogen) atoms. The molecular weight excluding hydrogens is 1520 g/mol. The molecule has 2 saturated heterocycles. The van der Waals surface area contributed by atoms with Crippen molar-refractivity contribution in [1.29, 1.82) is 0 Å². The molecule has 11 bridgehead atoms. The normalized spacial score (nSPS) is 27.6. The first-order chi connectivity index (χ1) is 53.3. The van der Waals surface area contributed by atoms with Gasteiger partial charge < -0.3 is 132 Å². The lowest BCUT2D eigenvalue weighted by Crippen LogP contribution is -2.64. The first-order valence-electron chi connectivity index (χ1n) is 36.1. The third-order valence-corrected chi connectivity index (χ3v) is 19.5. The standard InChI is InChI=1S/C76H92ClN9O28/c1-30(2)20-42(86(11)73(106)114-75(7,8)9)65(98)83-55-57(92)34-15-19-45(40(77)22-34)109-47-24-35-23-46(62(47)112-71-60(95)59(94)58(93)48(29-87)110-71)108-37-16-12-32(13-17-37)61(111-50-28-76(10,63(96)31(3)107-50)85-72(105)113-74(4,5)6)56-69(102)82-54(70(103)104)39-25-36(88)26-44(90)51(39)38-21-33(14-18-43(38)89)52(66(99)84-56)81-67(100)53(35)80-64(97)41(27-49(78)91)79-68(55)101/h12-19,21-26,30-31,41-42,48,50,52-61,63,71,87-90,92-96H,20,27-29H2,1-11H3,(H2,78,91)(H,79,101)(H,80,97)(H,81,100)(H,82,102)(H,83,98)(H,84,99)(H,85,105)(H,103,104)/t31?,41-,42+,48?,50?,52+,53+,54-,55+,56-,57+,58?,59?,60?,61+,63?,71?,76?/m0/s1. The van der Waals surface area contributed by atoms with Crippen molar-refractivity contribution in [3.8, 4) is 57.1 Å².